The maximum Gasteiger partial charge on any atom is 0.407 e. The van der Waals surface area contributed by atoms with E-state index in [1.54, 1.807) is 10.7 Å². The summed E-state index contributed by atoms with van der Waals surface area (Å²) in [6.07, 6.45) is 3.61. The molecule has 0 saturated carbocycles. The SMILES string of the molecule is CC[C@H]1CN(C(=O)O)CCN1c1nc(SC)nc2ccnn12. The van der Waals surface area contributed by atoms with Crippen molar-refractivity contribution in [1.82, 2.24) is 24.5 Å². The van der Waals surface area contributed by atoms with E-state index in [1.165, 1.54) is 16.7 Å². The van der Waals surface area contributed by atoms with Crippen molar-refractivity contribution in [2.75, 3.05) is 30.8 Å². The first kappa shape index (κ1) is 14.9. The molecule has 0 spiro atoms. The summed E-state index contributed by atoms with van der Waals surface area (Å²) in [6.45, 7) is 3.60. The number of thioether (sulfide) groups is 1. The van der Waals surface area contributed by atoms with Crippen molar-refractivity contribution in [1.29, 1.82) is 0 Å². The zero-order valence-electron chi connectivity index (χ0n) is 12.5. The van der Waals surface area contributed by atoms with Gasteiger partial charge in [0.2, 0.25) is 5.95 Å². The first-order valence-corrected chi connectivity index (χ1v) is 8.36. The highest BCUT2D eigenvalue weighted by molar-refractivity contribution is 7.98. The Bertz CT molecular complexity index is 690. The van der Waals surface area contributed by atoms with E-state index in [0.29, 0.717) is 24.8 Å². The molecule has 3 rings (SSSR count). The Morgan fingerprint density at radius 1 is 1.45 bits per heavy atom. The average Bonchev–Trinajstić information content (AvgIpc) is 3.01. The molecule has 2 aromatic rings. The molecule has 2 aromatic heterocycles. The van der Waals surface area contributed by atoms with E-state index in [1.807, 2.05) is 12.3 Å². The number of carbonyl (C=O) groups is 1. The van der Waals surface area contributed by atoms with Crippen molar-refractivity contribution >= 4 is 29.5 Å². The third kappa shape index (κ3) is 2.56. The van der Waals surface area contributed by atoms with E-state index in [2.05, 4.69) is 26.9 Å². The molecule has 0 unspecified atom stereocenters. The lowest BCUT2D eigenvalue weighted by atomic mass is 10.1. The second kappa shape index (κ2) is 5.99. The Labute approximate surface area is 132 Å². The van der Waals surface area contributed by atoms with Gasteiger partial charge >= 0.3 is 6.09 Å². The highest BCUT2D eigenvalue weighted by Gasteiger charge is 2.31. The molecular weight excluding hydrogens is 304 g/mol. The van der Waals surface area contributed by atoms with Crippen LogP contribution in [0.3, 0.4) is 0 Å². The topological polar surface area (TPSA) is 86.9 Å². The molecule has 1 amide bonds. The molecule has 0 bridgehead atoms. The van der Waals surface area contributed by atoms with Crippen molar-refractivity contribution in [2.24, 2.45) is 0 Å². The maximum absolute atomic E-state index is 11.2. The second-order valence-electron chi connectivity index (χ2n) is 5.10. The molecule has 1 saturated heterocycles. The molecule has 8 nitrogen and oxygen atoms in total. The molecule has 1 fully saturated rings. The lowest BCUT2D eigenvalue weighted by Crippen LogP contribution is -2.55. The van der Waals surface area contributed by atoms with Gasteiger partial charge in [0.05, 0.1) is 6.20 Å². The van der Waals surface area contributed by atoms with E-state index in [9.17, 15) is 9.90 Å². The quantitative estimate of drug-likeness (QED) is 0.855. The van der Waals surface area contributed by atoms with Crippen LogP contribution in [0.25, 0.3) is 5.65 Å². The third-order valence-corrected chi connectivity index (χ3v) is 4.43. The first-order valence-electron chi connectivity index (χ1n) is 7.14. The molecule has 22 heavy (non-hydrogen) atoms. The normalized spacial score (nSPS) is 18.9. The van der Waals surface area contributed by atoms with Crippen LogP contribution in [0.2, 0.25) is 0 Å². The van der Waals surface area contributed by atoms with Crippen LogP contribution in [0.1, 0.15) is 13.3 Å². The van der Waals surface area contributed by atoms with Crippen molar-refractivity contribution in [3.8, 4) is 0 Å². The Morgan fingerprint density at radius 2 is 2.27 bits per heavy atom. The van der Waals surface area contributed by atoms with Crippen LogP contribution >= 0.6 is 11.8 Å². The van der Waals surface area contributed by atoms with Gasteiger partial charge in [0.25, 0.3) is 0 Å². The Balaban J connectivity index is 1.99. The van der Waals surface area contributed by atoms with Crippen LogP contribution in [0.4, 0.5) is 10.7 Å². The molecule has 0 radical (unpaired) electrons. The van der Waals surface area contributed by atoms with Gasteiger partial charge in [-0.15, -0.1) is 0 Å². The summed E-state index contributed by atoms with van der Waals surface area (Å²) < 4.78 is 1.72. The molecule has 1 aliphatic rings. The van der Waals surface area contributed by atoms with Crippen molar-refractivity contribution in [2.45, 2.75) is 24.5 Å². The summed E-state index contributed by atoms with van der Waals surface area (Å²) in [5.74, 6) is 0.733. The number of piperazine rings is 1. The molecule has 118 valence electrons. The number of hydrogen-bond acceptors (Lipinski definition) is 6. The van der Waals surface area contributed by atoms with Crippen molar-refractivity contribution in [3.05, 3.63) is 12.3 Å². The summed E-state index contributed by atoms with van der Waals surface area (Å²) in [5.41, 5.74) is 0.755. The summed E-state index contributed by atoms with van der Waals surface area (Å²) in [7, 11) is 0. The van der Waals surface area contributed by atoms with Crippen LogP contribution in [0.5, 0.6) is 0 Å². The van der Waals surface area contributed by atoms with Crippen molar-refractivity contribution in [3.63, 3.8) is 0 Å². The molecule has 0 aliphatic carbocycles. The number of aromatic nitrogens is 4. The Kier molecular flexibility index (Phi) is 4.06. The van der Waals surface area contributed by atoms with E-state index in [0.717, 1.165) is 18.0 Å². The summed E-state index contributed by atoms with van der Waals surface area (Å²) in [4.78, 5) is 23.8. The predicted octanol–water partition coefficient (Wildman–Crippen LogP) is 1.42. The van der Waals surface area contributed by atoms with E-state index in [4.69, 9.17) is 0 Å². The Hall–Kier alpha value is -2.03. The fourth-order valence-corrected chi connectivity index (χ4v) is 3.07. The standard InChI is InChI=1S/C13H18N6O2S/c1-3-9-8-17(13(20)21)6-7-18(9)12-16-11(22-2)15-10-4-5-14-19(10)12/h4-5,9H,3,6-8H2,1-2H3,(H,20,21)/t9-/m0/s1. The van der Waals surface area contributed by atoms with Gasteiger partial charge in [-0.2, -0.15) is 14.6 Å². The molecule has 0 aromatic carbocycles. The average molecular weight is 322 g/mol. The molecule has 9 heteroatoms. The zero-order chi connectivity index (χ0) is 15.7. The molecule has 1 atom stereocenters. The minimum atomic E-state index is -0.866. The maximum atomic E-state index is 11.2. The number of hydrogen-bond donors (Lipinski definition) is 1. The Morgan fingerprint density at radius 3 is 2.95 bits per heavy atom. The smallest absolute Gasteiger partial charge is 0.407 e. The van der Waals surface area contributed by atoms with Crippen molar-refractivity contribution < 1.29 is 9.90 Å². The van der Waals surface area contributed by atoms with Gasteiger partial charge < -0.3 is 14.9 Å². The lowest BCUT2D eigenvalue weighted by molar-refractivity contribution is 0.134. The fourth-order valence-electron chi connectivity index (χ4n) is 2.71. The molecular formula is C13H18N6O2S. The van der Waals surface area contributed by atoms with Crippen LogP contribution in [0.15, 0.2) is 17.4 Å². The molecule has 1 N–H and O–H groups in total. The van der Waals surface area contributed by atoms with Gasteiger partial charge in [0.1, 0.15) is 0 Å². The molecule has 1 aliphatic heterocycles. The van der Waals surface area contributed by atoms with E-state index < -0.39 is 6.09 Å². The summed E-state index contributed by atoms with van der Waals surface area (Å²) in [5, 5.41) is 14.2. The van der Waals surface area contributed by atoms with Gasteiger partial charge in [0, 0.05) is 31.7 Å². The van der Waals surface area contributed by atoms with E-state index in [-0.39, 0.29) is 6.04 Å². The van der Waals surface area contributed by atoms with Crippen LogP contribution in [-0.2, 0) is 0 Å². The number of amides is 1. The van der Waals surface area contributed by atoms with Crippen LogP contribution < -0.4 is 4.90 Å². The van der Waals surface area contributed by atoms with E-state index >= 15 is 0 Å². The molecule has 3 heterocycles. The fraction of sp³-hybridized carbons (Fsp3) is 0.538. The van der Waals surface area contributed by atoms with Crippen LogP contribution in [-0.4, -0.2) is 67.6 Å². The van der Waals surface area contributed by atoms with Gasteiger partial charge in [-0.1, -0.05) is 18.7 Å². The third-order valence-electron chi connectivity index (χ3n) is 3.88. The number of anilines is 1. The van der Waals surface area contributed by atoms with Gasteiger partial charge in [0.15, 0.2) is 10.8 Å². The zero-order valence-corrected chi connectivity index (χ0v) is 13.3. The number of nitrogens with zero attached hydrogens (tertiary/aromatic N) is 6. The highest BCUT2D eigenvalue weighted by Crippen LogP contribution is 2.23. The minimum absolute atomic E-state index is 0.0851. The number of rotatable bonds is 3. The minimum Gasteiger partial charge on any atom is -0.465 e. The highest BCUT2D eigenvalue weighted by atomic mass is 32.2. The second-order valence-corrected chi connectivity index (χ2v) is 5.87. The largest absolute Gasteiger partial charge is 0.465 e. The van der Waals surface area contributed by atoms with Gasteiger partial charge in [-0.25, -0.2) is 9.78 Å². The first-order chi connectivity index (χ1) is 10.6. The predicted molar refractivity (Wildman–Crippen MR) is 83.6 cm³/mol. The number of fused-ring (bicyclic) bond motifs is 1. The van der Waals surface area contributed by atoms with Gasteiger partial charge in [-0.3, -0.25) is 0 Å². The number of carboxylic acid groups (broad SMARTS) is 1. The van der Waals surface area contributed by atoms with Crippen LogP contribution in [0, 0.1) is 0 Å². The lowest BCUT2D eigenvalue weighted by Gasteiger charge is -2.40. The monoisotopic (exact) mass is 322 g/mol. The summed E-state index contributed by atoms with van der Waals surface area (Å²) in [6, 6.07) is 1.93. The summed E-state index contributed by atoms with van der Waals surface area (Å²) >= 11 is 1.48. The van der Waals surface area contributed by atoms with Gasteiger partial charge in [-0.05, 0) is 12.7 Å².